The lowest BCUT2D eigenvalue weighted by molar-refractivity contribution is 0.0945. The zero-order valence-electron chi connectivity index (χ0n) is 14.2. The molecule has 0 saturated heterocycles. The van der Waals surface area contributed by atoms with Crippen molar-refractivity contribution in [2.75, 3.05) is 6.79 Å². The number of aromatic nitrogens is 4. The van der Waals surface area contributed by atoms with Crippen LogP contribution in [0.1, 0.15) is 16.2 Å². The number of hydrogen-bond acceptors (Lipinski definition) is 5. The van der Waals surface area contributed by atoms with Crippen molar-refractivity contribution < 1.29 is 14.3 Å². The van der Waals surface area contributed by atoms with Crippen LogP contribution in [0.2, 0.25) is 0 Å². The van der Waals surface area contributed by atoms with Gasteiger partial charge in [-0.15, -0.1) is 0 Å². The number of pyridine rings is 1. The van der Waals surface area contributed by atoms with E-state index in [2.05, 4.69) is 20.6 Å². The van der Waals surface area contributed by atoms with E-state index in [1.807, 2.05) is 48.7 Å². The summed E-state index contributed by atoms with van der Waals surface area (Å²) in [6.07, 6.45) is 1.87. The quantitative estimate of drug-likeness (QED) is 0.582. The van der Waals surface area contributed by atoms with Crippen molar-refractivity contribution >= 4 is 11.4 Å². The molecule has 1 amide bonds. The first-order chi connectivity index (χ1) is 13.3. The van der Waals surface area contributed by atoms with Gasteiger partial charge in [0, 0.05) is 11.8 Å². The molecule has 1 aromatic carbocycles. The van der Waals surface area contributed by atoms with E-state index in [0.29, 0.717) is 29.4 Å². The predicted molar refractivity (Wildman–Crippen MR) is 96.5 cm³/mol. The highest BCUT2D eigenvalue weighted by atomic mass is 16.7. The van der Waals surface area contributed by atoms with Crippen LogP contribution >= 0.6 is 0 Å². The van der Waals surface area contributed by atoms with Crippen LogP contribution in [-0.2, 0) is 6.54 Å². The molecule has 8 heteroatoms. The van der Waals surface area contributed by atoms with Crippen LogP contribution in [0.4, 0.5) is 0 Å². The van der Waals surface area contributed by atoms with Gasteiger partial charge < -0.3 is 14.8 Å². The first-order valence-electron chi connectivity index (χ1n) is 8.43. The molecule has 1 aliphatic rings. The van der Waals surface area contributed by atoms with Crippen LogP contribution in [0.5, 0.6) is 11.5 Å². The highest BCUT2D eigenvalue weighted by Gasteiger charge is 2.16. The van der Waals surface area contributed by atoms with E-state index in [9.17, 15) is 4.79 Å². The molecule has 8 nitrogen and oxygen atoms in total. The summed E-state index contributed by atoms with van der Waals surface area (Å²) in [5.74, 6) is 1.14. The van der Waals surface area contributed by atoms with Gasteiger partial charge in [0.2, 0.25) is 6.79 Å². The van der Waals surface area contributed by atoms with Gasteiger partial charge in [-0.2, -0.15) is 10.2 Å². The molecule has 2 N–H and O–H groups in total. The zero-order valence-corrected chi connectivity index (χ0v) is 14.2. The van der Waals surface area contributed by atoms with Gasteiger partial charge in [-0.25, -0.2) is 4.52 Å². The molecule has 0 unspecified atom stereocenters. The fourth-order valence-electron chi connectivity index (χ4n) is 2.99. The Morgan fingerprint density at radius 1 is 1.15 bits per heavy atom. The molecular weight excluding hydrogens is 346 g/mol. The molecule has 0 fully saturated rings. The minimum Gasteiger partial charge on any atom is -0.454 e. The number of rotatable bonds is 4. The maximum atomic E-state index is 12.4. The Balaban J connectivity index is 1.29. The Hall–Kier alpha value is -3.81. The molecule has 27 heavy (non-hydrogen) atoms. The lowest BCUT2D eigenvalue weighted by Crippen LogP contribution is -2.23. The maximum Gasteiger partial charge on any atom is 0.269 e. The summed E-state index contributed by atoms with van der Waals surface area (Å²) >= 11 is 0. The number of carbonyl (C=O) groups is 1. The van der Waals surface area contributed by atoms with Crippen molar-refractivity contribution in [1.29, 1.82) is 0 Å². The van der Waals surface area contributed by atoms with Gasteiger partial charge in [0.15, 0.2) is 11.5 Å². The highest BCUT2D eigenvalue weighted by molar-refractivity contribution is 5.93. The largest absolute Gasteiger partial charge is 0.454 e. The monoisotopic (exact) mass is 361 g/mol. The van der Waals surface area contributed by atoms with E-state index in [-0.39, 0.29) is 12.7 Å². The lowest BCUT2D eigenvalue weighted by atomic mass is 10.1. The molecule has 0 radical (unpaired) electrons. The molecule has 134 valence electrons. The average Bonchev–Trinajstić information content (AvgIpc) is 3.43. The standard InChI is InChI=1S/C19H15N5O3/c25-19(20-10-13-8-14-3-1-2-6-24(14)23-13)16-9-15(21-22-16)12-4-5-17-18(7-12)27-11-26-17/h1-9H,10-11H2,(H,20,25)(H,21,22). The number of nitrogens with zero attached hydrogens (tertiary/aromatic N) is 3. The number of nitrogens with one attached hydrogen (secondary N) is 2. The number of aromatic amines is 1. The smallest absolute Gasteiger partial charge is 0.269 e. The molecule has 4 aromatic rings. The van der Waals surface area contributed by atoms with Gasteiger partial charge in [0.05, 0.1) is 23.4 Å². The molecule has 1 aliphatic heterocycles. The van der Waals surface area contributed by atoms with Crippen molar-refractivity contribution in [1.82, 2.24) is 25.1 Å². The minimum atomic E-state index is -0.244. The number of hydrogen-bond donors (Lipinski definition) is 2. The molecule has 3 aromatic heterocycles. The average molecular weight is 361 g/mol. The number of H-pyrrole nitrogens is 1. The summed E-state index contributed by atoms with van der Waals surface area (Å²) in [4.78, 5) is 12.4. The number of ether oxygens (including phenoxy) is 2. The van der Waals surface area contributed by atoms with Crippen LogP contribution in [-0.4, -0.2) is 32.5 Å². The van der Waals surface area contributed by atoms with Crippen molar-refractivity contribution in [2.45, 2.75) is 6.54 Å². The number of benzene rings is 1. The second kappa shape index (κ2) is 6.17. The third-order valence-corrected chi connectivity index (χ3v) is 4.34. The third kappa shape index (κ3) is 2.86. The SMILES string of the molecule is O=C(NCc1cc2ccccn2n1)c1cc(-c2ccc3c(c2)OCO3)n[nH]1. The Kier molecular flexibility index (Phi) is 3.53. The second-order valence-electron chi connectivity index (χ2n) is 6.12. The van der Waals surface area contributed by atoms with Crippen molar-refractivity contribution in [3.05, 3.63) is 66.1 Å². The summed E-state index contributed by atoms with van der Waals surface area (Å²) < 4.78 is 12.5. The number of amides is 1. The first-order valence-corrected chi connectivity index (χ1v) is 8.43. The molecule has 0 atom stereocenters. The summed E-state index contributed by atoms with van der Waals surface area (Å²) in [6, 6.07) is 15.0. The van der Waals surface area contributed by atoms with E-state index < -0.39 is 0 Å². The fourth-order valence-corrected chi connectivity index (χ4v) is 2.99. The van der Waals surface area contributed by atoms with Gasteiger partial charge in [-0.05, 0) is 42.5 Å². The molecule has 5 rings (SSSR count). The molecule has 0 saturated carbocycles. The van der Waals surface area contributed by atoms with E-state index in [4.69, 9.17) is 9.47 Å². The molecule has 0 spiro atoms. The Labute approximate surface area is 153 Å². The van der Waals surface area contributed by atoms with Crippen molar-refractivity contribution in [2.24, 2.45) is 0 Å². The number of fused-ring (bicyclic) bond motifs is 2. The van der Waals surface area contributed by atoms with Gasteiger partial charge in [-0.3, -0.25) is 9.89 Å². The zero-order chi connectivity index (χ0) is 18.2. The van der Waals surface area contributed by atoms with E-state index in [1.54, 1.807) is 10.6 Å². The summed E-state index contributed by atoms with van der Waals surface area (Å²) in [6.45, 7) is 0.551. The predicted octanol–water partition coefficient (Wildman–Crippen LogP) is 2.38. The third-order valence-electron chi connectivity index (χ3n) is 4.34. The van der Waals surface area contributed by atoms with E-state index in [0.717, 1.165) is 16.8 Å². The van der Waals surface area contributed by atoms with Gasteiger partial charge in [-0.1, -0.05) is 6.07 Å². The topological polar surface area (TPSA) is 93.5 Å². The normalized spacial score (nSPS) is 12.4. The summed E-state index contributed by atoms with van der Waals surface area (Å²) in [7, 11) is 0. The maximum absolute atomic E-state index is 12.4. The molecule has 0 bridgehead atoms. The molecule has 4 heterocycles. The van der Waals surface area contributed by atoms with Crippen molar-refractivity contribution in [3.63, 3.8) is 0 Å². The highest BCUT2D eigenvalue weighted by Crippen LogP contribution is 2.35. The first kappa shape index (κ1) is 15.4. The number of carbonyl (C=O) groups excluding carboxylic acids is 1. The molecule has 0 aliphatic carbocycles. The van der Waals surface area contributed by atoms with Crippen LogP contribution < -0.4 is 14.8 Å². The summed E-state index contributed by atoms with van der Waals surface area (Å²) in [5, 5.41) is 14.3. The Morgan fingerprint density at radius 2 is 2.07 bits per heavy atom. The van der Waals surface area contributed by atoms with Crippen LogP contribution in [0.25, 0.3) is 16.8 Å². The van der Waals surface area contributed by atoms with Gasteiger partial charge in [0.1, 0.15) is 5.69 Å². The van der Waals surface area contributed by atoms with Crippen LogP contribution in [0.3, 0.4) is 0 Å². The van der Waals surface area contributed by atoms with E-state index >= 15 is 0 Å². The van der Waals surface area contributed by atoms with Crippen molar-refractivity contribution in [3.8, 4) is 22.8 Å². The fraction of sp³-hybridized carbons (Fsp3) is 0.105. The minimum absolute atomic E-state index is 0.218. The van der Waals surface area contributed by atoms with Crippen LogP contribution in [0, 0.1) is 0 Å². The van der Waals surface area contributed by atoms with Gasteiger partial charge >= 0.3 is 0 Å². The van der Waals surface area contributed by atoms with E-state index in [1.165, 1.54) is 0 Å². The molecular formula is C19H15N5O3. The summed E-state index contributed by atoms with van der Waals surface area (Å²) in [5.41, 5.74) is 3.64. The lowest BCUT2D eigenvalue weighted by Gasteiger charge is -2.00. The second-order valence-corrected chi connectivity index (χ2v) is 6.12. The Morgan fingerprint density at radius 3 is 3.00 bits per heavy atom. The Bertz CT molecular complexity index is 1110. The van der Waals surface area contributed by atoms with Gasteiger partial charge in [0.25, 0.3) is 5.91 Å². The van der Waals surface area contributed by atoms with Crippen LogP contribution in [0.15, 0.2) is 54.7 Å².